The molecule has 1 heterocycles. The van der Waals surface area contributed by atoms with Crippen LogP contribution < -0.4 is 4.74 Å². The average molecular weight is 650 g/mol. The Morgan fingerprint density at radius 2 is 1.55 bits per heavy atom. The molecule has 4 rings (SSSR count). The van der Waals surface area contributed by atoms with Crippen molar-refractivity contribution in [1.82, 2.24) is 4.90 Å². The molecule has 3 aromatic rings. The van der Waals surface area contributed by atoms with Gasteiger partial charge in [0.25, 0.3) is 0 Å². The first-order valence-electron chi connectivity index (χ1n) is 17.9. The molecule has 14 heteroatoms. The summed E-state index contributed by atoms with van der Waals surface area (Å²) in [6, 6.07) is -2.91. The molecular formula is C30H25F10NO3. The lowest BCUT2D eigenvalue weighted by Crippen LogP contribution is -2.32. The third-order valence-corrected chi connectivity index (χ3v) is 6.36. The minimum Gasteiger partial charge on any atom is -0.496 e. The van der Waals surface area contributed by atoms with Gasteiger partial charge in [-0.15, -0.1) is 0 Å². The molecule has 0 N–H and O–H groups in total. The van der Waals surface area contributed by atoms with Crippen molar-refractivity contribution in [2.24, 2.45) is 0 Å². The minimum atomic E-state index is -5.61. The minimum absolute atomic E-state index is 0.128. The fourth-order valence-electron chi connectivity index (χ4n) is 4.39. The second kappa shape index (κ2) is 11.5. The highest BCUT2D eigenvalue weighted by molar-refractivity contribution is 5.79. The lowest BCUT2D eigenvalue weighted by molar-refractivity contribution is -0.143. The van der Waals surface area contributed by atoms with Gasteiger partial charge in [0.15, 0.2) is 0 Å². The van der Waals surface area contributed by atoms with Gasteiger partial charge in [-0.05, 0) is 71.9 Å². The molecule has 0 saturated carbocycles. The summed E-state index contributed by atoms with van der Waals surface area (Å²) in [4.78, 5) is 13.1. The zero-order chi connectivity index (χ0) is 43.2. The van der Waals surface area contributed by atoms with Gasteiger partial charge in [-0.3, -0.25) is 4.90 Å². The quantitative estimate of drug-likeness (QED) is 0.250. The molecule has 2 atom stereocenters. The third kappa shape index (κ3) is 6.43. The van der Waals surface area contributed by atoms with Gasteiger partial charge >= 0.3 is 24.6 Å². The summed E-state index contributed by atoms with van der Waals surface area (Å²) in [5, 5.41) is 0. The molecule has 1 fully saturated rings. The molecule has 0 unspecified atom stereocenters. The Kier molecular flexibility index (Phi) is 5.27. The van der Waals surface area contributed by atoms with Gasteiger partial charge in [0.05, 0.1) is 39.1 Å². The molecule has 0 bridgehead atoms. The normalized spacial score (nSPS) is 26.2. The number of nitrogens with zero attached hydrogens (tertiary/aromatic N) is 1. The van der Waals surface area contributed by atoms with E-state index in [1.165, 1.54) is 0 Å². The van der Waals surface area contributed by atoms with Crippen LogP contribution in [-0.2, 0) is 29.8 Å². The molecule has 0 aliphatic carbocycles. The monoisotopic (exact) mass is 649 g/mol. The number of hydrogen-bond acceptors (Lipinski definition) is 3. The number of amides is 1. The van der Waals surface area contributed by atoms with Crippen LogP contribution in [0.1, 0.15) is 82.4 Å². The SMILES string of the molecule is [2H]C([2H])([2H])C([2H])(c1c(F)ccc(OC)c1-c1ccc(C(F)(F)F)cc1CN1C(=O)O[C@]([2H])(c2cc(C(F)(F)F)cc(C(F)(F)F)c2)[C@]1([2H])C([2H])([2H])[2H])C([2H])([2H])[2H]. The number of carbonyl (C=O) groups is 1. The third-order valence-electron chi connectivity index (χ3n) is 6.36. The molecule has 1 aliphatic rings. The number of halogens is 10. The van der Waals surface area contributed by atoms with Gasteiger partial charge in [-0.1, -0.05) is 19.8 Å². The summed E-state index contributed by atoms with van der Waals surface area (Å²) in [7, 11) is 0.848. The van der Waals surface area contributed by atoms with Gasteiger partial charge in [0, 0.05) is 24.8 Å². The maximum Gasteiger partial charge on any atom is 0.416 e. The predicted molar refractivity (Wildman–Crippen MR) is 138 cm³/mol. The first-order chi connectivity index (χ1) is 25.0. The molecule has 0 spiro atoms. The van der Waals surface area contributed by atoms with Crippen molar-refractivity contribution in [3.63, 3.8) is 0 Å². The van der Waals surface area contributed by atoms with E-state index in [9.17, 15) is 44.3 Å². The van der Waals surface area contributed by atoms with Crippen LogP contribution in [0.25, 0.3) is 11.1 Å². The lowest BCUT2D eigenvalue weighted by atomic mass is 9.88. The fraction of sp³-hybridized carbons (Fsp3) is 0.367. The van der Waals surface area contributed by atoms with Gasteiger partial charge in [0.2, 0.25) is 0 Å². The van der Waals surface area contributed by atoms with Gasteiger partial charge in [-0.2, -0.15) is 39.5 Å². The molecule has 4 nitrogen and oxygen atoms in total. The number of rotatable bonds is 6. The summed E-state index contributed by atoms with van der Waals surface area (Å²) in [6.07, 6.45) is -22.7. The Balaban J connectivity index is 2.13. The Morgan fingerprint density at radius 3 is 2.07 bits per heavy atom. The number of ether oxygens (including phenoxy) is 2. The van der Waals surface area contributed by atoms with Crippen LogP contribution >= 0.6 is 0 Å². The van der Waals surface area contributed by atoms with E-state index in [-0.39, 0.29) is 29.2 Å². The van der Waals surface area contributed by atoms with E-state index in [1.807, 2.05) is 0 Å². The molecule has 0 aromatic heterocycles. The highest BCUT2D eigenvalue weighted by atomic mass is 19.4. The highest BCUT2D eigenvalue weighted by Gasteiger charge is 2.44. The second-order valence-electron chi connectivity index (χ2n) is 9.17. The van der Waals surface area contributed by atoms with Crippen molar-refractivity contribution in [2.45, 2.75) is 63.6 Å². The van der Waals surface area contributed by atoms with Crippen LogP contribution in [0, 0.1) is 5.82 Å². The summed E-state index contributed by atoms with van der Waals surface area (Å²) in [6.45, 7) is -13.8. The van der Waals surface area contributed by atoms with E-state index in [0.717, 1.165) is 13.2 Å². The second-order valence-corrected chi connectivity index (χ2v) is 9.17. The molecule has 1 saturated heterocycles. The first kappa shape index (κ1) is 20.1. The van der Waals surface area contributed by atoms with Gasteiger partial charge in [0.1, 0.15) is 17.6 Å². The highest BCUT2D eigenvalue weighted by Crippen LogP contribution is 2.45. The maximum atomic E-state index is 15.8. The van der Waals surface area contributed by atoms with Crippen molar-refractivity contribution >= 4 is 6.09 Å². The maximum absolute atomic E-state index is 15.8. The lowest BCUT2D eigenvalue weighted by Gasteiger charge is -2.25. The number of benzene rings is 3. The number of cyclic esters (lactones) is 1. The number of methoxy groups -OCH3 is 1. The van der Waals surface area contributed by atoms with Crippen molar-refractivity contribution in [3.05, 3.63) is 87.7 Å². The molecular weight excluding hydrogens is 612 g/mol. The Labute approximate surface area is 262 Å². The van der Waals surface area contributed by atoms with Crippen LogP contribution in [0.4, 0.5) is 48.7 Å². The predicted octanol–water partition coefficient (Wildman–Crippen LogP) is 9.76. The van der Waals surface area contributed by atoms with E-state index in [2.05, 4.69) is 0 Å². The summed E-state index contributed by atoms with van der Waals surface area (Å²) < 4.78 is 249. The van der Waals surface area contributed by atoms with E-state index in [4.69, 9.17) is 25.9 Å². The van der Waals surface area contributed by atoms with Crippen molar-refractivity contribution in [2.75, 3.05) is 7.11 Å². The summed E-state index contributed by atoms with van der Waals surface area (Å²) in [5.41, 5.74) is -12.1. The van der Waals surface area contributed by atoms with E-state index in [1.54, 1.807) is 0 Å². The number of alkyl halides is 9. The standard InChI is InChI=1S/C30H25F10NO3/c1-14(2)24-22(31)7-8-23(43-4)25(24)21-6-5-18(28(32,33)34)11-17(21)13-41-15(3)26(44-27(41)42)16-9-19(29(35,36)37)12-20(10-16)30(38,39)40/h5-12,14-15,26H,13H2,1-4H3/t15-,26-/m0/s1/i1D3,2D3,3D3,14D,15D,26D. The van der Waals surface area contributed by atoms with Crippen LogP contribution in [0.5, 0.6) is 5.75 Å². The number of carbonyl (C=O) groups excluding carboxylic acids is 1. The van der Waals surface area contributed by atoms with Crippen molar-refractivity contribution in [1.29, 1.82) is 0 Å². The molecule has 3 aromatic carbocycles. The topological polar surface area (TPSA) is 38.8 Å². The Hall–Kier alpha value is -3.97. The largest absolute Gasteiger partial charge is 0.496 e. The van der Waals surface area contributed by atoms with Crippen LogP contribution in [0.15, 0.2) is 48.5 Å². The van der Waals surface area contributed by atoms with Gasteiger partial charge < -0.3 is 9.47 Å². The average Bonchev–Trinajstić information content (AvgIpc) is 3.23. The van der Waals surface area contributed by atoms with Crippen molar-refractivity contribution < 1.29 is 74.6 Å². The zero-order valence-electron chi connectivity index (χ0n) is 33.8. The Morgan fingerprint density at radius 1 is 0.932 bits per heavy atom. The molecule has 1 aliphatic heterocycles. The molecule has 44 heavy (non-hydrogen) atoms. The first-order valence-corrected chi connectivity index (χ1v) is 11.9. The smallest absolute Gasteiger partial charge is 0.416 e. The molecule has 238 valence electrons. The van der Waals surface area contributed by atoms with Gasteiger partial charge in [-0.25, -0.2) is 9.18 Å². The molecule has 1 amide bonds. The van der Waals surface area contributed by atoms with E-state index < -0.39 is 132 Å². The van der Waals surface area contributed by atoms with Crippen molar-refractivity contribution in [3.8, 4) is 16.9 Å². The summed E-state index contributed by atoms with van der Waals surface area (Å²) in [5.74, 6) is -6.39. The Bertz CT molecular complexity index is 1980. The fourth-order valence-corrected chi connectivity index (χ4v) is 4.39. The van der Waals surface area contributed by atoms with E-state index in [0.29, 0.717) is 12.1 Å². The number of hydrogen-bond donors (Lipinski definition) is 0. The summed E-state index contributed by atoms with van der Waals surface area (Å²) >= 11 is 0. The van der Waals surface area contributed by atoms with Crippen LogP contribution in [0.2, 0.25) is 0 Å². The van der Waals surface area contributed by atoms with Crippen LogP contribution in [-0.4, -0.2) is 24.1 Å². The van der Waals surface area contributed by atoms with E-state index >= 15 is 4.39 Å². The molecule has 0 radical (unpaired) electrons. The van der Waals surface area contributed by atoms with Crippen LogP contribution in [0.3, 0.4) is 0 Å². The zero-order valence-corrected chi connectivity index (χ0v) is 21.8.